The maximum Gasteiger partial charge on any atom is 0.153 e. The van der Waals surface area contributed by atoms with Crippen LogP contribution in [-0.4, -0.2) is 15.2 Å². The Balaban J connectivity index is 2.03. The molecule has 1 fully saturated rings. The molecule has 0 amide bonds. The molecule has 1 aromatic rings. The van der Waals surface area contributed by atoms with Crippen LogP contribution >= 0.6 is 0 Å². The number of aromatic amines is 1. The highest BCUT2D eigenvalue weighted by Crippen LogP contribution is 2.33. The fourth-order valence-electron chi connectivity index (χ4n) is 2.26. The monoisotopic (exact) mass is 207 g/mol. The zero-order valence-corrected chi connectivity index (χ0v) is 9.95. The average Bonchev–Trinajstić information content (AvgIpc) is 2.68. The molecule has 84 valence electrons. The molecule has 0 radical (unpaired) electrons. The van der Waals surface area contributed by atoms with Gasteiger partial charge in [0.05, 0.1) is 0 Å². The summed E-state index contributed by atoms with van der Waals surface area (Å²) >= 11 is 0. The maximum absolute atomic E-state index is 4.59. The van der Waals surface area contributed by atoms with Crippen LogP contribution in [0.3, 0.4) is 0 Å². The average molecular weight is 207 g/mol. The third-order valence-corrected chi connectivity index (χ3v) is 3.44. The first kappa shape index (κ1) is 10.7. The highest BCUT2D eigenvalue weighted by atomic mass is 15.2. The van der Waals surface area contributed by atoms with Crippen LogP contribution in [0.2, 0.25) is 0 Å². The fraction of sp³-hybridized carbons (Fsp3) is 0.833. The van der Waals surface area contributed by atoms with Gasteiger partial charge in [-0.3, -0.25) is 5.10 Å². The molecular weight excluding hydrogens is 186 g/mol. The molecule has 0 aliphatic heterocycles. The van der Waals surface area contributed by atoms with Crippen molar-refractivity contribution in [1.29, 1.82) is 0 Å². The van der Waals surface area contributed by atoms with Crippen molar-refractivity contribution in [3.05, 3.63) is 11.6 Å². The van der Waals surface area contributed by atoms with Gasteiger partial charge in [-0.25, -0.2) is 4.98 Å². The third kappa shape index (κ3) is 2.39. The first-order valence-electron chi connectivity index (χ1n) is 6.09. The van der Waals surface area contributed by atoms with Gasteiger partial charge in [0.25, 0.3) is 0 Å². The van der Waals surface area contributed by atoms with E-state index in [1.165, 1.54) is 25.7 Å². The van der Waals surface area contributed by atoms with Crippen LogP contribution in [0.4, 0.5) is 0 Å². The topological polar surface area (TPSA) is 41.6 Å². The third-order valence-electron chi connectivity index (χ3n) is 3.44. The summed E-state index contributed by atoms with van der Waals surface area (Å²) in [6, 6.07) is 0. The minimum atomic E-state index is 0.428. The summed E-state index contributed by atoms with van der Waals surface area (Å²) in [6.45, 7) is 6.61. The lowest BCUT2D eigenvalue weighted by Crippen LogP contribution is -2.12. The number of hydrogen-bond donors (Lipinski definition) is 1. The lowest BCUT2D eigenvalue weighted by atomic mass is 9.83. The highest BCUT2D eigenvalue weighted by molar-refractivity contribution is 5.01. The predicted octanol–water partition coefficient (Wildman–Crippen LogP) is 3.22. The van der Waals surface area contributed by atoms with Gasteiger partial charge < -0.3 is 0 Å². The Morgan fingerprint density at radius 2 is 1.87 bits per heavy atom. The Morgan fingerprint density at radius 1 is 1.20 bits per heavy atom. The smallest absolute Gasteiger partial charge is 0.153 e. The number of nitrogens with one attached hydrogen (secondary N) is 1. The Morgan fingerprint density at radius 3 is 2.40 bits per heavy atom. The molecule has 0 spiro atoms. The van der Waals surface area contributed by atoms with Crippen molar-refractivity contribution in [1.82, 2.24) is 15.2 Å². The second-order valence-corrected chi connectivity index (χ2v) is 5.19. The van der Waals surface area contributed by atoms with E-state index in [-0.39, 0.29) is 0 Å². The van der Waals surface area contributed by atoms with Gasteiger partial charge in [-0.1, -0.05) is 33.6 Å². The lowest BCUT2D eigenvalue weighted by molar-refractivity contribution is 0.340. The summed E-state index contributed by atoms with van der Waals surface area (Å²) in [7, 11) is 0. The van der Waals surface area contributed by atoms with E-state index in [0.29, 0.717) is 11.8 Å². The Labute approximate surface area is 91.7 Å². The molecule has 3 heteroatoms. The van der Waals surface area contributed by atoms with Crippen molar-refractivity contribution in [2.75, 3.05) is 0 Å². The number of nitrogens with zero attached hydrogens (tertiary/aromatic N) is 2. The van der Waals surface area contributed by atoms with Crippen molar-refractivity contribution in [2.24, 2.45) is 5.92 Å². The van der Waals surface area contributed by atoms with Gasteiger partial charge in [-0.15, -0.1) is 0 Å². The Kier molecular flexibility index (Phi) is 3.08. The van der Waals surface area contributed by atoms with E-state index in [1.807, 2.05) is 0 Å². The molecule has 1 aliphatic carbocycles. The van der Waals surface area contributed by atoms with Gasteiger partial charge in [-0.2, -0.15) is 5.10 Å². The van der Waals surface area contributed by atoms with Crippen LogP contribution in [-0.2, 0) is 0 Å². The quantitative estimate of drug-likeness (QED) is 0.809. The number of rotatable bonds is 2. The Bertz CT molecular complexity index is 308. The van der Waals surface area contributed by atoms with E-state index in [2.05, 4.69) is 36.0 Å². The molecule has 1 N–H and O–H groups in total. The van der Waals surface area contributed by atoms with Crippen LogP contribution in [0.5, 0.6) is 0 Å². The van der Waals surface area contributed by atoms with E-state index < -0.39 is 0 Å². The van der Waals surface area contributed by atoms with Gasteiger partial charge in [0, 0.05) is 11.8 Å². The minimum absolute atomic E-state index is 0.428. The molecule has 1 heterocycles. The first-order valence-corrected chi connectivity index (χ1v) is 6.09. The molecule has 3 nitrogen and oxygen atoms in total. The van der Waals surface area contributed by atoms with E-state index in [9.17, 15) is 0 Å². The summed E-state index contributed by atoms with van der Waals surface area (Å²) in [6.07, 6.45) is 5.21. The van der Waals surface area contributed by atoms with Crippen LogP contribution in [0.15, 0.2) is 0 Å². The van der Waals surface area contributed by atoms with Crippen molar-refractivity contribution in [3.8, 4) is 0 Å². The van der Waals surface area contributed by atoms with Gasteiger partial charge in [0.15, 0.2) is 5.82 Å². The van der Waals surface area contributed by atoms with E-state index >= 15 is 0 Å². The second kappa shape index (κ2) is 4.33. The maximum atomic E-state index is 4.59. The van der Waals surface area contributed by atoms with Crippen molar-refractivity contribution >= 4 is 0 Å². The lowest BCUT2D eigenvalue weighted by Gasteiger charge is -2.24. The summed E-state index contributed by atoms with van der Waals surface area (Å²) in [5, 5.41) is 7.38. The van der Waals surface area contributed by atoms with Crippen molar-refractivity contribution in [2.45, 2.75) is 58.3 Å². The molecule has 0 unspecified atom stereocenters. The van der Waals surface area contributed by atoms with E-state index in [0.717, 1.165) is 17.6 Å². The molecule has 2 rings (SSSR count). The zero-order valence-electron chi connectivity index (χ0n) is 9.95. The van der Waals surface area contributed by atoms with Gasteiger partial charge in [0.2, 0.25) is 0 Å². The van der Waals surface area contributed by atoms with Gasteiger partial charge in [-0.05, 0) is 18.8 Å². The minimum Gasteiger partial charge on any atom is -0.263 e. The van der Waals surface area contributed by atoms with Crippen LogP contribution < -0.4 is 0 Å². The first-order chi connectivity index (χ1) is 7.16. The van der Waals surface area contributed by atoms with Crippen molar-refractivity contribution in [3.63, 3.8) is 0 Å². The molecule has 15 heavy (non-hydrogen) atoms. The standard InChI is InChI=1S/C12H21N3/c1-8(2)11-13-12(15-14-11)10-6-4-9(3)5-7-10/h8-10H,4-7H2,1-3H3,(H,13,14,15). The van der Waals surface area contributed by atoms with Crippen LogP contribution in [0, 0.1) is 5.92 Å². The van der Waals surface area contributed by atoms with Gasteiger partial charge >= 0.3 is 0 Å². The SMILES string of the molecule is CC1CCC(c2nc(C(C)C)n[nH]2)CC1. The molecular formula is C12H21N3. The van der Waals surface area contributed by atoms with Crippen LogP contribution in [0.25, 0.3) is 0 Å². The number of hydrogen-bond acceptors (Lipinski definition) is 2. The second-order valence-electron chi connectivity index (χ2n) is 5.19. The number of aromatic nitrogens is 3. The van der Waals surface area contributed by atoms with Crippen molar-refractivity contribution < 1.29 is 0 Å². The molecule has 1 aliphatic rings. The summed E-state index contributed by atoms with van der Waals surface area (Å²) < 4.78 is 0. The molecule has 0 atom stereocenters. The predicted molar refractivity (Wildman–Crippen MR) is 60.8 cm³/mol. The number of H-pyrrole nitrogens is 1. The highest BCUT2D eigenvalue weighted by Gasteiger charge is 2.22. The largest absolute Gasteiger partial charge is 0.263 e. The molecule has 0 aromatic carbocycles. The molecule has 1 saturated carbocycles. The van der Waals surface area contributed by atoms with E-state index in [1.54, 1.807) is 0 Å². The van der Waals surface area contributed by atoms with E-state index in [4.69, 9.17) is 0 Å². The normalized spacial score (nSPS) is 27.2. The van der Waals surface area contributed by atoms with Gasteiger partial charge in [0.1, 0.15) is 5.82 Å². The summed E-state index contributed by atoms with van der Waals surface area (Å²) in [5.74, 6) is 4.03. The fourth-order valence-corrected chi connectivity index (χ4v) is 2.26. The molecule has 0 saturated heterocycles. The summed E-state index contributed by atoms with van der Waals surface area (Å²) in [4.78, 5) is 4.59. The Hall–Kier alpha value is -0.860. The zero-order chi connectivity index (χ0) is 10.8. The molecule has 1 aromatic heterocycles. The van der Waals surface area contributed by atoms with Crippen LogP contribution in [0.1, 0.15) is 69.9 Å². The summed E-state index contributed by atoms with van der Waals surface area (Å²) in [5.41, 5.74) is 0. The molecule has 0 bridgehead atoms.